The van der Waals surface area contributed by atoms with Gasteiger partial charge in [-0.2, -0.15) is 0 Å². The summed E-state index contributed by atoms with van der Waals surface area (Å²) in [4.78, 5) is 11.9. The molecule has 0 amide bonds. The zero-order valence-electron chi connectivity index (χ0n) is 14.1. The van der Waals surface area contributed by atoms with E-state index in [0.29, 0.717) is 13.0 Å². The van der Waals surface area contributed by atoms with E-state index in [1.54, 1.807) is 0 Å². The first-order valence-corrected chi connectivity index (χ1v) is 7.89. The third kappa shape index (κ3) is 3.19. The van der Waals surface area contributed by atoms with Crippen molar-refractivity contribution in [2.45, 2.75) is 65.6 Å². The van der Waals surface area contributed by atoms with Gasteiger partial charge >= 0.3 is 13.1 Å². The van der Waals surface area contributed by atoms with Crippen molar-refractivity contribution in [2.24, 2.45) is 11.8 Å². The van der Waals surface area contributed by atoms with Crippen LogP contribution in [0.1, 0.15) is 54.4 Å². The van der Waals surface area contributed by atoms with Gasteiger partial charge in [-0.3, -0.25) is 4.79 Å². The van der Waals surface area contributed by atoms with Gasteiger partial charge in [0.15, 0.2) is 0 Å². The van der Waals surface area contributed by atoms with Crippen LogP contribution in [0.15, 0.2) is 11.5 Å². The number of carbonyl (C=O) groups is 1. The van der Waals surface area contributed by atoms with Crippen LogP contribution in [0.4, 0.5) is 0 Å². The van der Waals surface area contributed by atoms with E-state index in [1.807, 2.05) is 6.92 Å². The van der Waals surface area contributed by atoms with E-state index in [-0.39, 0.29) is 36.1 Å². The van der Waals surface area contributed by atoms with Crippen molar-refractivity contribution in [2.75, 3.05) is 6.61 Å². The summed E-state index contributed by atoms with van der Waals surface area (Å²) in [5, 5.41) is 0. The first-order chi connectivity index (χ1) is 9.68. The molecule has 0 aromatic heterocycles. The third-order valence-corrected chi connectivity index (χ3v) is 5.02. The Balaban J connectivity index is 2.06. The molecular formula is C16H27BO4. The van der Waals surface area contributed by atoms with Gasteiger partial charge in [-0.15, -0.1) is 0 Å². The van der Waals surface area contributed by atoms with E-state index in [9.17, 15) is 4.79 Å². The van der Waals surface area contributed by atoms with Crippen LogP contribution < -0.4 is 0 Å². The SMILES string of the molecule is CCOC(=O)[C@@H]1CC=C(B2OC(C)(C)C(C)(C)O2)C[C@@H]1C. The molecule has 0 bridgehead atoms. The number of rotatable bonds is 3. The molecule has 0 spiro atoms. The fourth-order valence-corrected chi connectivity index (χ4v) is 2.87. The smallest absolute Gasteiger partial charge is 0.466 e. The van der Waals surface area contributed by atoms with E-state index in [1.165, 1.54) is 0 Å². The van der Waals surface area contributed by atoms with Gasteiger partial charge in [-0.25, -0.2) is 0 Å². The van der Waals surface area contributed by atoms with E-state index < -0.39 is 0 Å². The molecule has 0 N–H and O–H groups in total. The van der Waals surface area contributed by atoms with E-state index in [0.717, 1.165) is 11.9 Å². The number of hydrogen-bond acceptors (Lipinski definition) is 4. The second-order valence-corrected chi connectivity index (χ2v) is 7.14. The van der Waals surface area contributed by atoms with Crippen LogP contribution in [0.5, 0.6) is 0 Å². The summed E-state index contributed by atoms with van der Waals surface area (Å²) in [7, 11) is -0.291. The Bertz CT molecular complexity index is 426. The monoisotopic (exact) mass is 294 g/mol. The average Bonchev–Trinajstić information content (AvgIpc) is 2.58. The standard InChI is InChI=1S/C16H27BO4/c1-7-19-14(18)13-9-8-12(10-11(13)2)17-20-15(3,4)16(5,6)21-17/h8,11,13H,7,9-10H2,1-6H3/t11-,13+/m0/s1. The lowest BCUT2D eigenvalue weighted by molar-refractivity contribution is -0.149. The maximum atomic E-state index is 11.9. The first-order valence-electron chi connectivity index (χ1n) is 7.89. The minimum absolute atomic E-state index is 0.0453. The fraction of sp³-hybridized carbons (Fsp3) is 0.812. The number of allylic oxidation sites excluding steroid dienone is 2. The molecule has 4 nitrogen and oxygen atoms in total. The molecule has 0 aromatic rings. The van der Waals surface area contributed by atoms with Crippen molar-refractivity contribution in [1.29, 1.82) is 0 Å². The van der Waals surface area contributed by atoms with Crippen LogP contribution in [0.2, 0.25) is 0 Å². The van der Waals surface area contributed by atoms with E-state index in [4.69, 9.17) is 14.0 Å². The van der Waals surface area contributed by atoms with Crippen molar-refractivity contribution in [3.63, 3.8) is 0 Å². The van der Waals surface area contributed by atoms with Gasteiger partial charge in [0.25, 0.3) is 0 Å². The molecule has 0 aromatic carbocycles. The zero-order chi connectivity index (χ0) is 15.8. The van der Waals surface area contributed by atoms with E-state index >= 15 is 0 Å². The molecule has 2 atom stereocenters. The lowest BCUT2D eigenvalue weighted by Crippen LogP contribution is -2.41. The Hall–Kier alpha value is -0.805. The summed E-state index contributed by atoms with van der Waals surface area (Å²) in [5.41, 5.74) is 0.515. The molecule has 1 fully saturated rings. The van der Waals surface area contributed by atoms with Crippen LogP contribution in [0.25, 0.3) is 0 Å². The van der Waals surface area contributed by atoms with Gasteiger partial charge in [0, 0.05) is 0 Å². The number of esters is 1. The van der Waals surface area contributed by atoms with Crippen molar-refractivity contribution < 1.29 is 18.8 Å². The van der Waals surface area contributed by atoms with Crippen molar-refractivity contribution in [3.8, 4) is 0 Å². The van der Waals surface area contributed by atoms with Crippen molar-refractivity contribution in [1.82, 2.24) is 0 Å². The molecule has 21 heavy (non-hydrogen) atoms. The Morgan fingerprint density at radius 1 is 1.33 bits per heavy atom. The molecular weight excluding hydrogens is 267 g/mol. The van der Waals surface area contributed by atoms with Gasteiger partial charge in [0.1, 0.15) is 0 Å². The molecule has 2 rings (SSSR count). The predicted molar refractivity (Wildman–Crippen MR) is 82.7 cm³/mol. The van der Waals surface area contributed by atoms with Crippen molar-refractivity contribution in [3.05, 3.63) is 11.5 Å². The molecule has 1 aliphatic heterocycles. The summed E-state index contributed by atoms with van der Waals surface area (Å²) in [5.74, 6) is 0.119. The van der Waals surface area contributed by atoms with Gasteiger partial charge in [-0.1, -0.05) is 13.0 Å². The molecule has 0 saturated carbocycles. The molecule has 0 radical (unpaired) electrons. The zero-order valence-corrected chi connectivity index (χ0v) is 14.1. The minimum Gasteiger partial charge on any atom is -0.466 e. The van der Waals surface area contributed by atoms with Crippen LogP contribution >= 0.6 is 0 Å². The Morgan fingerprint density at radius 2 is 1.90 bits per heavy atom. The first kappa shape index (κ1) is 16.6. The Kier molecular flexibility index (Phi) is 4.55. The van der Waals surface area contributed by atoms with Crippen LogP contribution in [-0.4, -0.2) is 30.9 Å². The lowest BCUT2D eigenvalue weighted by Gasteiger charge is -2.32. The highest BCUT2D eigenvalue weighted by molar-refractivity contribution is 6.54. The quantitative estimate of drug-likeness (QED) is 0.592. The number of hydrogen-bond donors (Lipinski definition) is 0. The number of carbonyl (C=O) groups excluding carboxylic acids is 1. The van der Waals surface area contributed by atoms with Gasteiger partial charge in [0.05, 0.1) is 23.7 Å². The summed E-state index contributed by atoms with van der Waals surface area (Å²) < 4.78 is 17.3. The van der Waals surface area contributed by atoms with Gasteiger partial charge < -0.3 is 14.0 Å². The molecule has 1 saturated heterocycles. The lowest BCUT2D eigenvalue weighted by atomic mass is 9.67. The normalized spacial score (nSPS) is 31.0. The topological polar surface area (TPSA) is 44.8 Å². The predicted octanol–water partition coefficient (Wildman–Crippen LogP) is 3.15. The second-order valence-electron chi connectivity index (χ2n) is 7.14. The largest absolute Gasteiger partial charge is 0.490 e. The average molecular weight is 294 g/mol. The molecule has 5 heteroatoms. The summed E-state index contributed by atoms with van der Waals surface area (Å²) in [6.45, 7) is 12.6. The highest BCUT2D eigenvalue weighted by Gasteiger charge is 2.52. The highest BCUT2D eigenvalue weighted by Crippen LogP contribution is 2.41. The summed E-state index contributed by atoms with van der Waals surface area (Å²) in [6.07, 6.45) is 3.63. The van der Waals surface area contributed by atoms with Crippen LogP contribution in [0, 0.1) is 11.8 Å². The summed E-state index contributed by atoms with van der Waals surface area (Å²) >= 11 is 0. The van der Waals surface area contributed by atoms with Crippen LogP contribution in [-0.2, 0) is 18.8 Å². The highest BCUT2D eigenvalue weighted by atomic mass is 16.7. The number of ether oxygens (including phenoxy) is 1. The van der Waals surface area contributed by atoms with Gasteiger partial charge in [-0.05, 0) is 58.9 Å². The fourth-order valence-electron chi connectivity index (χ4n) is 2.87. The van der Waals surface area contributed by atoms with Gasteiger partial charge in [0.2, 0.25) is 0 Å². The maximum absolute atomic E-state index is 11.9. The Labute approximate surface area is 128 Å². The summed E-state index contributed by atoms with van der Waals surface area (Å²) in [6, 6.07) is 0. The third-order valence-electron chi connectivity index (χ3n) is 5.02. The van der Waals surface area contributed by atoms with Crippen molar-refractivity contribution >= 4 is 13.1 Å². The second kappa shape index (κ2) is 5.77. The van der Waals surface area contributed by atoms with E-state index in [2.05, 4.69) is 40.7 Å². The molecule has 0 unspecified atom stereocenters. The van der Waals surface area contributed by atoms with Crippen LogP contribution in [0.3, 0.4) is 0 Å². The Morgan fingerprint density at radius 3 is 2.38 bits per heavy atom. The molecule has 1 aliphatic carbocycles. The maximum Gasteiger partial charge on any atom is 0.490 e. The molecule has 1 heterocycles. The molecule has 118 valence electrons. The molecule has 2 aliphatic rings. The minimum atomic E-state index is -0.320.